The van der Waals surface area contributed by atoms with E-state index >= 15 is 0 Å². The van der Waals surface area contributed by atoms with Crippen molar-refractivity contribution in [2.24, 2.45) is 0 Å². The van der Waals surface area contributed by atoms with Crippen molar-refractivity contribution in [3.05, 3.63) is 39.3 Å². The van der Waals surface area contributed by atoms with Crippen LogP contribution in [0.5, 0.6) is 0 Å². The van der Waals surface area contributed by atoms with Crippen molar-refractivity contribution >= 4 is 11.3 Å². The van der Waals surface area contributed by atoms with E-state index in [9.17, 15) is 0 Å². The molecule has 1 atom stereocenters. The zero-order valence-electron chi connectivity index (χ0n) is 13.1. The fourth-order valence-electron chi connectivity index (χ4n) is 3.13. The molecule has 0 saturated heterocycles. The molecule has 0 aliphatic heterocycles. The van der Waals surface area contributed by atoms with Crippen molar-refractivity contribution in [1.29, 1.82) is 0 Å². The number of hydrogen-bond acceptors (Lipinski definition) is 3. The van der Waals surface area contributed by atoms with Crippen LogP contribution >= 0.6 is 11.3 Å². The summed E-state index contributed by atoms with van der Waals surface area (Å²) in [5.41, 5.74) is 2.93. The van der Waals surface area contributed by atoms with Crippen molar-refractivity contribution in [2.75, 3.05) is 6.54 Å². The van der Waals surface area contributed by atoms with Crippen molar-refractivity contribution in [3.8, 4) is 0 Å². The number of thiophene rings is 1. The van der Waals surface area contributed by atoms with Crippen LogP contribution in [0.3, 0.4) is 0 Å². The fraction of sp³-hybridized carbons (Fsp3) is 0.588. The smallest absolute Gasteiger partial charge is 0.0522 e. The van der Waals surface area contributed by atoms with Gasteiger partial charge in [0, 0.05) is 28.5 Å². The molecule has 0 fully saturated rings. The first kappa shape index (κ1) is 14.8. The molecule has 1 aliphatic carbocycles. The Morgan fingerprint density at radius 1 is 1.33 bits per heavy atom. The zero-order chi connectivity index (χ0) is 14.7. The number of aryl methyl sites for hydroxylation is 3. The number of rotatable bonds is 6. The maximum absolute atomic E-state index is 4.40. The lowest BCUT2D eigenvalue weighted by molar-refractivity contribution is 0.557. The molecule has 1 N–H and O–H groups in total. The Balaban J connectivity index is 1.78. The molecule has 0 aromatic carbocycles. The summed E-state index contributed by atoms with van der Waals surface area (Å²) in [5.74, 6) is 0. The van der Waals surface area contributed by atoms with Crippen LogP contribution in [0.2, 0.25) is 0 Å². The molecule has 3 rings (SSSR count). The highest BCUT2D eigenvalue weighted by Gasteiger charge is 2.19. The van der Waals surface area contributed by atoms with Crippen LogP contribution in [-0.2, 0) is 25.8 Å². The van der Waals surface area contributed by atoms with Gasteiger partial charge in [0.2, 0.25) is 0 Å². The minimum Gasteiger partial charge on any atom is -0.309 e. The summed E-state index contributed by atoms with van der Waals surface area (Å²) < 4.78 is 2.01. The number of nitrogens with one attached hydrogen (secondary N) is 1. The Kier molecular flexibility index (Phi) is 4.76. The first-order valence-corrected chi connectivity index (χ1v) is 8.98. The van der Waals surface area contributed by atoms with Crippen LogP contribution in [0.15, 0.2) is 18.5 Å². The van der Waals surface area contributed by atoms with Crippen LogP contribution in [0.25, 0.3) is 0 Å². The molecule has 1 aliphatic rings. The largest absolute Gasteiger partial charge is 0.309 e. The third-order valence-electron chi connectivity index (χ3n) is 4.26. The van der Waals surface area contributed by atoms with Crippen LogP contribution in [-0.4, -0.2) is 16.3 Å². The second-order valence-electron chi connectivity index (χ2n) is 5.82. The molecule has 0 saturated carbocycles. The van der Waals surface area contributed by atoms with Gasteiger partial charge in [-0.3, -0.25) is 4.68 Å². The fourth-order valence-corrected chi connectivity index (χ4v) is 4.46. The molecule has 2 aromatic rings. The van der Waals surface area contributed by atoms with E-state index in [1.54, 1.807) is 10.4 Å². The van der Waals surface area contributed by atoms with Gasteiger partial charge in [0.15, 0.2) is 0 Å². The van der Waals surface area contributed by atoms with Gasteiger partial charge in [-0.25, -0.2) is 0 Å². The molecule has 4 heteroatoms. The Morgan fingerprint density at radius 3 is 2.90 bits per heavy atom. The standard InChI is InChI=1S/C17H25N3S/c1-3-18-15(9-13-11-19-20(4-2)12-13)17-10-14-7-5-6-8-16(14)21-17/h10-12,15,18H,3-9H2,1-2H3. The molecule has 0 amide bonds. The number of aromatic nitrogens is 2. The summed E-state index contributed by atoms with van der Waals surface area (Å²) in [5, 5.41) is 8.06. The Bertz CT molecular complexity index is 561. The SMILES string of the molecule is CCNC(Cc1cnn(CC)c1)c1cc2c(s1)CCCC2. The number of likely N-dealkylation sites (N-methyl/N-ethyl adjacent to an activating group) is 1. The Labute approximate surface area is 131 Å². The quantitative estimate of drug-likeness (QED) is 0.881. The molecule has 114 valence electrons. The summed E-state index contributed by atoms with van der Waals surface area (Å²) in [6.07, 6.45) is 10.5. The van der Waals surface area contributed by atoms with Gasteiger partial charge in [0.25, 0.3) is 0 Å². The van der Waals surface area contributed by atoms with Crippen molar-refractivity contribution < 1.29 is 0 Å². The summed E-state index contributed by atoms with van der Waals surface area (Å²) in [4.78, 5) is 3.14. The summed E-state index contributed by atoms with van der Waals surface area (Å²) in [6.45, 7) is 6.27. The molecular weight excluding hydrogens is 278 g/mol. The second kappa shape index (κ2) is 6.75. The maximum atomic E-state index is 4.40. The van der Waals surface area contributed by atoms with E-state index in [4.69, 9.17) is 0 Å². The van der Waals surface area contributed by atoms with Crippen molar-refractivity contribution in [1.82, 2.24) is 15.1 Å². The van der Waals surface area contributed by atoms with Crippen LogP contribution in [0.4, 0.5) is 0 Å². The van der Waals surface area contributed by atoms with E-state index in [1.165, 1.54) is 36.1 Å². The monoisotopic (exact) mass is 303 g/mol. The van der Waals surface area contributed by atoms with Gasteiger partial charge in [0.05, 0.1) is 6.20 Å². The number of nitrogens with zero attached hydrogens (tertiary/aromatic N) is 2. The highest BCUT2D eigenvalue weighted by molar-refractivity contribution is 7.12. The van der Waals surface area contributed by atoms with Gasteiger partial charge in [0.1, 0.15) is 0 Å². The van der Waals surface area contributed by atoms with E-state index in [1.807, 2.05) is 22.2 Å². The van der Waals surface area contributed by atoms with E-state index in [0.717, 1.165) is 19.5 Å². The molecule has 1 unspecified atom stereocenters. The van der Waals surface area contributed by atoms with E-state index < -0.39 is 0 Å². The molecule has 0 radical (unpaired) electrons. The predicted molar refractivity (Wildman–Crippen MR) is 89.0 cm³/mol. The van der Waals surface area contributed by atoms with Crippen molar-refractivity contribution in [3.63, 3.8) is 0 Å². The number of fused-ring (bicyclic) bond motifs is 1. The molecule has 2 heterocycles. The van der Waals surface area contributed by atoms with Gasteiger partial charge < -0.3 is 5.32 Å². The topological polar surface area (TPSA) is 29.9 Å². The highest BCUT2D eigenvalue weighted by Crippen LogP contribution is 2.34. The summed E-state index contributed by atoms with van der Waals surface area (Å²) in [7, 11) is 0. The van der Waals surface area contributed by atoms with Crippen LogP contribution < -0.4 is 5.32 Å². The van der Waals surface area contributed by atoms with E-state index in [2.05, 4.69) is 36.5 Å². The molecule has 0 spiro atoms. The van der Waals surface area contributed by atoms with Crippen molar-refractivity contribution in [2.45, 2.75) is 58.5 Å². The summed E-state index contributed by atoms with van der Waals surface area (Å²) in [6, 6.07) is 2.89. The Morgan fingerprint density at radius 2 is 2.19 bits per heavy atom. The molecule has 2 aromatic heterocycles. The predicted octanol–water partition coefficient (Wildman–Crippen LogP) is 3.74. The normalized spacial score (nSPS) is 15.9. The minimum atomic E-state index is 0.431. The lowest BCUT2D eigenvalue weighted by Gasteiger charge is -2.15. The van der Waals surface area contributed by atoms with Gasteiger partial charge >= 0.3 is 0 Å². The third-order valence-corrected chi connectivity index (χ3v) is 5.61. The molecule has 21 heavy (non-hydrogen) atoms. The van der Waals surface area contributed by atoms with Gasteiger partial charge in [-0.1, -0.05) is 6.92 Å². The minimum absolute atomic E-state index is 0.431. The van der Waals surface area contributed by atoms with Gasteiger partial charge in [-0.05, 0) is 62.8 Å². The maximum Gasteiger partial charge on any atom is 0.0522 e. The van der Waals surface area contributed by atoms with Crippen LogP contribution in [0, 0.1) is 0 Å². The first-order valence-electron chi connectivity index (χ1n) is 8.16. The lowest BCUT2D eigenvalue weighted by Crippen LogP contribution is -2.21. The second-order valence-corrected chi connectivity index (χ2v) is 6.99. The van der Waals surface area contributed by atoms with E-state index in [-0.39, 0.29) is 0 Å². The van der Waals surface area contributed by atoms with Gasteiger partial charge in [-0.15, -0.1) is 11.3 Å². The zero-order valence-corrected chi connectivity index (χ0v) is 13.9. The third kappa shape index (κ3) is 3.38. The van der Waals surface area contributed by atoms with Gasteiger partial charge in [-0.2, -0.15) is 5.10 Å². The summed E-state index contributed by atoms with van der Waals surface area (Å²) >= 11 is 2.03. The molecular formula is C17H25N3S. The molecule has 0 bridgehead atoms. The average Bonchev–Trinajstić information content (AvgIpc) is 3.12. The highest BCUT2D eigenvalue weighted by atomic mass is 32.1. The Hall–Kier alpha value is -1.13. The molecule has 3 nitrogen and oxygen atoms in total. The number of hydrogen-bond donors (Lipinski definition) is 1. The van der Waals surface area contributed by atoms with Crippen LogP contribution in [0.1, 0.15) is 53.6 Å². The lowest BCUT2D eigenvalue weighted by atomic mass is 9.98. The average molecular weight is 303 g/mol. The first-order chi connectivity index (χ1) is 10.3. The van der Waals surface area contributed by atoms with E-state index in [0.29, 0.717) is 6.04 Å².